The van der Waals surface area contributed by atoms with Crippen LogP contribution < -0.4 is 4.74 Å². The van der Waals surface area contributed by atoms with E-state index in [-0.39, 0.29) is 0 Å². The van der Waals surface area contributed by atoms with Gasteiger partial charge in [0.1, 0.15) is 11.6 Å². The maximum Gasteiger partial charge on any atom is 0.294 e. The molecule has 3 aromatic carbocycles. The molecule has 0 aliphatic carbocycles. The average molecular weight is 509 g/mol. The van der Waals surface area contributed by atoms with E-state index in [1.807, 2.05) is 69.3 Å². The lowest BCUT2D eigenvalue weighted by atomic mass is 9.81. The Morgan fingerprint density at radius 1 is 1.00 bits per heavy atom. The third-order valence-electron chi connectivity index (χ3n) is 6.77. The van der Waals surface area contributed by atoms with E-state index in [1.165, 1.54) is 12.1 Å². The lowest BCUT2D eigenvalue weighted by Crippen LogP contribution is -2.30. The van der Waals surface area contributed by atoms with Gasteiger partial charge in [0.05, 0.1) is 34.5 Å². The Morgan fingerprint density at radius 3 is 2.53 bits per heavy atom. The molecule has 0 bridgehead atoms. The maximum atomic E-state index is 14.1. The van der Waals surface area contributed by atoms with Crippen molar-refractivity contribution in [2.75, 3.05) is 6.61 Å². The quantitative estimate of drug-likeness (QED) is 0.278. The number of nitrogens with zero attached hydrogens (tertiary/aromatic N) is 3. The van der Waals surface area contributed by atoms with Crippen molar-refractivity contribution < 1.29 is 18.8 Å². The largest absolute Gasteiger partial charge is 0.465 e. The smallest absolute Gasteiger partial charge is 0.294 e. The van der Waals surface area contributed by atoms with Gasteiger partial charge in [-0.05, 0) is 62.2 Å². The molecule has 2 N–H and O–H groups in total. The number of aromatic amines is 1. The van der Waals surface area contributed by atoms with E-state index in [0.717, 1.165) is 22.2 Å². The predicted octanol–water partition coefficient (Wildman–Crippen LogP) is 6.20. The average Bonchev–Trinajstić information content (AvgIpc) is 3.49. The number of benzene rings is 3. The van der Waals surface area contributed by atoms with E-state index >= 15 is 0 Å². The lowest BCUT2D eigenvalue weighted by Gasteiger charge is -2.30. The van der Waals surface area contributed by atoms with Crippen LogP contribution >= 0.6 is 0 Å². The van der Waals surface area contributed by atoms with Crippen LogP contribution in [0.25, 0.3) is 33.1 Å². The van der Waals surface area contributed by atoms with Crippen molar-refractivity contribution in [1.82, 2.24) is 20.1 Å². The molecule has 38 heavy (non-hydrogen) atoms. The molecular formula is C30H25FN4O3. The zero-order chi connectivity index (χ0) is 26.4. The van der Waals surface area contributed by atoms with Gasteiger partial charge in [-0.25, -0.2) is 9.37 Å². The summed E-state index contributed by atoms with van der Waals surface area (Å²) in [5, 5.41) is 17.6. The Hall–Kier alpha value is -4.56. The summed E-state index contributed by atoms with van der Waals surface area (Å²) in [6.07, 6.45) is 0. The van der Waals surface area contributed by atoms with Gasteiger partial charge in [-0.3, -0.25) is 0 Å². The first-order valence-corrected chi connectivity index (χ1v) is 12.3. The molecule has 8 heteroatoms. The molecule has 3 heterocycles. The zero-order valence-electron chi connectivity index (χ0n) is 21.1. The zero-order valence-corrected chi connectivity index (χ0v) is 21.1. The number of imidazole rings is 1. The van der Waals surface area contributed by atoms with Gasteiger partial charge in [0.15, 0.2) is 5.60 Å². The van der Waals surface area contributed by atoms with Crippen molar-refractivity contribution in [3.05, 3.63) is 107 Å². The van der Waals surface area contributed by atoms with Crippen molar-refractivity contribution in [2.45, 2.75) is 26.4 Å². The number of aromatic nitrogens is 4. The summed E-state index contributed by atoms with van der Waals surface area (Å²) in [7, 11) is 0. The van der Waals surface area contributed by atoms with Crippen molar-refractivity contribution >= 4 is 21.9 Å². The minimum atomic E-state index is -1.74. The number of pyridine rings is 1. The van der Waals surface area contributed by atoms with Gasteiger partial charge in [-0.1, -0.05) is 41.6 Å². The van der Waals surface area contributed by atoms with Crippen LogP contribution in [0.15, 0.2) is 77.3 Å². The number of hydrogen-bond acceptors (Lipinski definition) is 6. The highest BCUT2D eigenvalue weighted by molar-refractivity contribution is 5.88. The summed E-state index contributed by atoms with van der Waals surface area (Å²) in [4.78, 5) is 12.7. The molecule has 6 aromatic rings. The molecule has 0 saturated carbocycles. The van der Waals surface area contributed by atoms with Gasteiger partial charge >= 0.3 is 0 Å². The highest BCUT2D eigenvalue weighted by Crippen LogP contribution is 2.42. The first-order chi connectivity index (χ1) is 18.4. The number of H-pyrrole nitrogens is 1. The summed E-state index contributed by atoms with van der Waals surface area (Å²) in [6.45, 7) is 6.02. The summed E-state index contributed by atoms with van der Waals surface area (Å²) in [6, 6.07) is 21.4. The second kappa shape index (κ2) is 9.08. The molecule has 0 amide bonds. The molecule has 0 spiro atoms. The Bertz CT molecular complexity index is 1780. The summed E-state index contributed by atoms with van der Waals surface area (Å²) in [5.41, 5.74) is 3.63. The minimum absolute atomic E-state index is 0.333. The summed E-state index contributed by atoms with van der Waals surface area (Å²) < 4.78 is 25.3. The summed E-state index contributed by atoms with van der Waals surface area (Å²) in [5.74, 6) is 0.252. The molecule has 0 radical (unpaired) electrons. The van der Waals surface area contributed by atoms with E-state index in [1.54, 1.807) is 12.1 Å². The molecule has 190 valence electrons. The van der Waals surface area contributed by atoms with E-state index in [9.17, 15) is 9.50 Å². The van der Waals surface area contributed by atoms with E-state index < -0.39 is 11.4 Å². The lowest BCUT2D eigenvalue weighted by molar-refractivity contribution is 0.122. The third kappa shape index (κ3) is 3.81. The highest BCUT2D eigenvalue weighted by atomic mass is 19.1. The van der Waals surface area contributed by atoms with Gasteiger partial charge in [-0.15, -0.1) is 0 Å². The van der Waals surface area contributed by atoms with Crippen LogP contribution in [-0.2, 0) is 5.60 Å². The van der Waals surface area contributed by atoms with Crippen LogP contribution in [0.4, 0.5) is 4.39 Å². The Kier molecular flexibility index (Phi) is 5.69. The number of hydrogen-bond donors (Lipinski definition) is 2. The van der Waals surface area contributed by atoms with Gasteiger partial charge in [0, 0.05) is 22.6 Å². The molecule has 1 unspecified atom stereocenters. The second-order valence-electron chi connectivity index (χ2n) is 9.20. The van der Waals surface area contributed by atoms with Crippen LogP contribution in [0.1, 0.15) is 35.2 Å². The topological polar surface area (TPSA) is 97.1 Å². The van der Waals surface area contributed by atoms with Crippen LogP contribution in [0, 0.1) is 19.7 Å². The Balaban J connectivity index is 1.70. The molecule has 0 saturated heterocycles. The molecule has 0 fully saturated rings. The van der Waals surface area contributed by atoms with Crippen molar-refractivity contribution in [3.63, 3.8) is 0 Å². The number of nitrogens with one attached hydrogen (secondary N) is 1. The first-order valence-electron chi connectivity index (χ1n) is 12.3. The molecule has 0 aliphatic heterocycles. The number of ether oxygens (including phenoxy) is 1. The van der Waals surface area contributed by atoms with Gasteiger partial charge < -0.3 is 19.4 Å². The SMILES string of the molecule is CCOc1nc2c(C(O)(c3ccccc3)c3ccc4ccc(F)cc4n3)cc(-c3c(C)noc3C)cc2[nH]1. The van der Waals surface area contributed by atoms with Crippen molar-refractivity contribution in [1.29, 1.82) is 0 Å². The number of aryl methyl sites for hydroxylation is 2. The minimum Gasteiger partial charge on any atom is -0.465 e. The van der Waals surface area contributed by atoms with Crippen molar-refractivity contribution in [2.24, 2.45) is 0 Å². The normalized spacial score (nSPS) is 13.2. The number of fused-ring (bicyclic) bond motifs is 2. The van der Waals surface area contributed by atoms with Gasteiger partial charge in [0.2, 0.25) is 0 Å². The molecular weight excluding hydrogens is 483 g/mol. The Labute approximate surface area is 217 Å². The highest BCUT2D eigenvalue weighted by Gasteiger charge is 2.38. The monoisotopic (exact) mass is 508 g/mol. The first kappa shape index (κ1) is 23.8. The fourth-order valence-electron chi connectivity index (χ4n) is 5.03. The second-order valence-corrected chi connectivity index (χ2v) is 9.20. The fraction of sp³-hybridized carbons (Fsp3) is 0.167. The number of halogens is 1. The van der Waals surface area contributed by atoms with Crippen LogP contribution in [0.3, 0.4) is 0 Å². The Morgan fingerprint density at radius 2 is 1.79 bits per heavy atom. The number of rotatable bonds is 6. The fourth-order valence-corrected chi connectivity index (χ4v) is 5.03. The van der Waals surface area contributed by atoms with Crippen LogP contribution in [0.2, 0.25) is 0 Å². The predicted molar refractivity (Wildman–Crippen MR) is 142 cm³/mol. The van der Waals surface area contributed by atoms with E-state index in [2.05, 4.69) is 10.1 Å². The van der Waals surface area contributed by atoms with E-state index in [4.69, 9.17) is 19.2 Å². The standard InChI is InChI=1S/C30H25FN4O3/c1-4-37-29-33-25-15-20(27-17(2)35-38-18(27)3)14-23(28(25)34-29)30(36,21-8-6-5-7-9-21)26-13-11-19-10-12-22(31)16-24(19)32-26/h5-16,36H,4H2,1-3H3,(H,33,34). The summed E-state index contributed by atoms with van der Waals surface area (Å²) >= 11 is 0. The van der Waals surface area contributed by atoms with Gasteiger partial charge in [0.25, 0.3) is 6.01 Å². The molecule has 6 rings (SSSR count). The maximum absolute atomic E-state index is 14.1. The molecule has 1 atom stereocenters. The molecule has 0 aliphatic rings. The van der Waals surface area contributed by atoms with E-state index in [0.29, 0.717) is 51.7 Å². The molecule has 3 aromatic heterocycles. The molecule has 7 nitrogen and oxygen atoms in total. The van der Waals surface area contributed by atoms with Crippen LogP contribution in [0.5, 0.6) is 6.01 Å². The third-order valence-corrected chi connectivity index (χ3v) is 6.77. The van der Waals surface area contributed by atoms with Gasteiger partial charge in [-0.2, -0.15) is 4.98 Å². The van der Waals surface area contributed by atoms with Crippen molar-refractivity contribution in [3.8, 4) is 17.1 Å². The van der Waals surface area contributed by atoms with Crippen LogP contribution in [-0.4, -0.2) is 31.8 Å². The number of aliphatic hydroxyl groups is 1.